The Morgan fingerprint density at radius 2 is 1.56 bits per heavy atom. The van der Waals surface area contributed by atoms with Crippen LogP contribution in [0.3, 0.4) is 0 Å². The molecule has 0 radical (unpaired) electrons. The molecule has 0 aromatic heterocycles. The number of rotatable bonds is 8. The standard InChI is InChI=1S/C21H23NO4S/c1-25-19-7-3-5-16(13-19)6-4-12-22-27(23,24)21-11-9-17-14-20(26-2)10-8-18(17)15-21/h3,5,7-11,13-15,22H,4,6,12H2,1-2H3. The fourth-order valence-corrected chi connectivity index (χ4v) is 4.02. The van der Waals surface area contributed by atoms with Crippen molar-refractivity contribution in [1.29, 1.82) is 0 Å². The molecule has 27 heavy (non-hydrogen) atoms. The number of benzene rings is 3. The van der Waals surface area contributed by atoms with Gasteiger partial charge in [-0.25, -0.2) is 13.1 Å². The molecule has 0 aliphatic heterocycles. The molecule has 0 atom stereocenters. The Morgan fingerprint density at radius 1 is 0.852 bits per heavy atom. The molecule has 6 heteroatoms. The van der Waals surface area contributed by atoms with E-state index in [9.17, 15) is 8.42 Å². The van der Waals surface area contributed by atoms with Gasteiger partial charge in [0.05, 0.1) is 19.1 Å². The van der Waals surface area contributed by atoms with Crippen molar-refractivity contribution in [2.24, 2.45) is 0 Å². The highest BCUT2D eigenvalue weighted by Gasteiger charge is 2.14. The monoisotopic (exact) mass is 385 g/mol. The van der Waals surface area contributed by atoms with Crippen LogP contribution in [-0.2, 0) is 16.4 Å². The normalized spacial score (nSPS) is 11.5. The van der Waals surface area contributed by atoms with Crippen LogP contribution in [0, 0.1) is 0 Å². The highest BCUT2D eigenvalue weighted by Crippen LogP contribution is 2.23. The van der Waals surface area contributed by atoms with Crippen LogP contribution >= 0.6 is 0 Å². The van der Waals surface area contributed by atoms with Crippen molar-refractivity contribution in [3.05, 3.63) is 66.2 Å². The van der Waals surface area contributed by atoms with Gasteiger partial charge in [0.1, 0.15) is 11.5 Å². The zero-order chi connectivity index (χ0) is 19.3. The van der Waals surface area contributed by atoms with E-state index in [0.717, 1.165) is 34.3 Å². The first-order valence-electron chi connectivity index (χ1n) is 8.72. The van der Waals surface area contributed by atoms with E-state index in [4.69, 9.17) is 9.47 Å². The van der Waals surface area contributed by atoms with E-state index in [0.29, 0.717) is 13.0 Å². The zero-order valence-electron chi connectivity index (χ0n) is 15.4. The minimum absolute atomic E-state index is 0.265. The average Bonchev–Trinajstić information content (AvgIpc) is 2.70. The second-order valence-electron chi connectivity index (χ2n) is 6.23. The molecule has 3 aromatic rings. The van der Waals surface area contributed by atoms with Gasteiger partial charge in [-0.05, 0) is 65.6 Å². The molecule has 0 unspecified atom stereocenters. The number of hydrogen-bond donors (Lipinski definition) is 1. The van der Waals surface area contributed by atoms with Gasteiger partial charge in [0.25, 0.3) is 0 Å². The van der Waals surface area contributed by atoms with Crippen LogP contribution in [0.15, 0.2) is 65.6 Å². The van der Waals surface area contributed by atoms with E-state index in [2.05, 4.69) is 4.72 Å². The lowest BCUT2D eigenvalue weighted by Gasteiger charge is -2.09. The summed E-state index contributed by atoms with van der Waals surface area (Å²) in [7, 11) is -0.302. The summed E-state index contributed by atoms with van der Waals surface area (Å²) in [6.45, 7) is 0.375. The quantitative estimate of drug-likeness (QED) is 0.600. The van der Waals surface area contributed by atoms with Crippen LogP contribution in [0.4, 0.5) is 0 Å². The van der Waals surface area contributed by atoms with Gasteiger partial charge < -0.3 is 9.47 Å². The van der Waals surface area contributed by atoms with Crippen molar-refractivity contribution in [3.8, 4) is 11.5 Å². The summed E-state index contributed by atoms with van der Waals surface area (Å²) < 4.78 is 38.2. The molecule has 0 amide bonds. The third-order valence-electron chi connectivity index (χ3n) is 4.40. The van der Waals surface area contributed by atoms with Crippen LogP contribution in [0.2, 0.25) is 0 Å². The fraction of sp³-hybridized carbons (Fsp3) is 0.238. The summed E-state index contributed by atoms with van der Waals surface area (Å²) in [4.78, 5) is 0.265. The second kappa shape index (κ2) is 8.41. The van der Waals surface area contributed by atoms with Gasteiger partial charge >= 0.3 is 0 Å². The predicted molar refractivity (Wildman–Crippen MR) is 107 cm³/mol. The van der Waals surface area contributed by atoms with Crippen molar-refractivity contribution in [1.82, 2.24) is 4.72 Å². The topological polar surface area (TPSA) is 64.6 Å². The van der Waals surface area contributed by atoms with Crippen LogP contribution in [0.5, 0.6) is 11.5 Å². The first-order valence-corrected chi connectivity index (χ1v) is 10.2. The summed E-state index contributed by atoms with van der Waals surface area (Å²) in [6, 6.07) is 18.4. The Morgan fingerprint density at radius 3 is 2.33 bits per heavy atom. The molecule has 0 saturated carbocycles. The van der Waals surface area contributed by atoms with Gasteiger partial charge in [-0.3, -0.25) is 0 Å². The van der Waals surface area contributed by atoms with Crippen LogP contribution in [0.25, 0.3) is 10.8 Å². The van der Waals surface area contributed by atoms with E-state index < -0.39 is 10.0 Å². The first-order chi connectivity index (χ1) is 13.0. The molecular weight excluding hydrogens is 362 g/mol. The molecule has 5 nitrogen and oxygen atoms in total. The molecule has 142 valence electrons. The van der Waals surface area contributed by atoms with E-state index in [-0.39, 0.29) is 4.90 Å². The molecule has 3 aromatic carbocycles. The lowest BCUT2D eigenvalue weighted by molar-refractivity contribution is 0.414. The lowest BCUT2D eigenvalue weighted by Crippen LogP contribution is -2.25. The van der Waals surface area contributed by atoms with Crippen LogP contribution in [0.1, 0.15) is 12.0 Å². The minimum atomic E-state index is -3.54. The Bertz CT molecular complexity index is 1030. The summed E-state index contributed by atoms with van der Waals surface area (Å²) in [5.41, 5.74) is 1.12. The highest BCUT2D eigenvalue weighted by molar-refractivity contribution is 7.89. The molecule has 0 aliphatic carbocycles. The molecule has 3 rings (SSSR count). The third-order valence-corrected chi connectivity index (χ3v) is 5.86. The average molecular weight is 385 g/mol. The Labute approximate surface area is 160 Å². The number of fused-ring (bicyclic) bond motifs is 1. The fourth-order valence-electron chi connectivity index (χ4n) is 2.91. The summed E-state index contributed by atoms with van der Waals surface area (Å²) >= 11 is 0. The Kier molecular flexibility index (Phi) is 5.98. The van der Waals surface area contributed by atoms with Crippen molar-refractivity contribution >= 4 is 20.8 Å². The lowest BCUT2D eigenvalue weighted by atomic mass is 10.1. The van der Waals surface area contributed by atoms with Gasteiger partial charge in [0, 0.05) is 6.54 Å². The number of methoxy groups -OCH3 is 2. The highest BCUT2D eigenvalue weighted by atomic mass is 32.2. The minimum Gasteiger partial charge on any atom is -0.497 e. The predicted octanol–water partition coefficient (Wildman–Crippen LogP) is 3.77. The Balaban J connectivity index is 1.63. The first kappa shape index (κ1) is 19.2. The second-order valence-corrected chi connectivity index (χ2v) is 7.99. The summed E-state index contributed by atoms with van der Waals surface area (Å²) in [5, 5.41) is 1.79. The molecule has 0 fully saturated rings. The van der Waals surface area contributed by atoms with E-state index in [1.165, 1.54) is 0 Å². The Hall–Kier alpha value is -2.57. The number of aryl methyl sites for hydroxylation is 1. The number of sulfonamides is 1. The smallest absolute Gasteiger partial charge is 0.240 e. The maximum absolute atomic E-state index is 12.6. The molecule has 1 N–H and O–H groups in total. The number of ether oxygens (including phenoxy) is 2. The summed E-state index contributed by atoms with van der Waals surface area (Å²) in [6.07, 6.45) is 1.48. The largest absolute Gasteiger partial charge is 0.497 e. The zero-order valence-corrected chi connectivity index (χ0v) is 16.3. The molecule has 0 saturated heterocycles. The van der Waals surface area contributed by atoms with Crippen molar-refractivity contribution in [2.75, 3.05) is 20.8 Å². The van der Waals surface area contributed by atoms with Crippen LogP contribution in [-0.4, -0.2) is 29.2 Å². The van der Waals surface area contributed by atoms with Gasteiger partial charge in [-0.2, -0.15) is 0 Å². The van der Waals surface area contributed by atoms with Gasteiger partial charge in [0.2, 0.25) is 10.0 Å². The van der Waals surface area contributed by atoms with Crippen molar-refractivity contribution in [3.63, 3.8) is 0 Å². The molecule has 0 bridgehead atoms. The maximum atomic E-state index is 12.6. The molecule has 0 heterocycles. The van der Waals surface area contributed by atoms with Gasteiger partial charge in [-0.15, -0.1) is 0 Å². The van der Waals surface area contributed by atoms with Gasteiger partial charge in [-0.1, -0.05) is 24.3 Å². The SMILES string of the molecule is COc1cccc(CCCNS(=O)(=O)c2ccc3cc(OC)ccc3c2)c1. The number of hydrogen-bond acceptors (Lipinski definition) is 4. The number of nitrogens with one attached hydrogen (secondary N) is 1. The summed E-state index contributed by atoms with van der Waals surface area (Å²) in [5.74, 6) is 1.55. The van der Waals surface area contributed by atoms with Gasteiger partial charge in [0.15, 0.2) is 0 Å². The maximum Gasteiger partial charge on any atom is 0.240 e. The van der Waals surface area contributed by atoms with Crippen LogP contribution < -0.4 is 14.2 Å². The van der Waals surface area contributed by atoms with E-state index in [1.54, 1.807) is 32.4 Å². The molecule has 0 aliphatic rings. The third kappa shape index (κ3) is 4.78. The molecular formula is C21H23NO4S. The van der Waals surface area contributed by atoms with E-state index in [1.807, 2.05) is 42.5 Å². The van der Waals surface area contributed by atoms with Crippen molar-refractivity contribution < 1.29 is 17.9 Å². The van der Waals surface area contributed by atoms with E-state index >= 15 is 0 Å². The molecule has 0 spiro atoms. The van der Waals surface area contributed by atoms with Crippen molar-refractivity contribution in [2.45, 2.75) is 17.7 Å².